The molecule has 0 saturated carbocycles. The van der Waals surface area contributed by atoms with E-state index in [1.165, 1.54) is 11.3 Å². The van der Waals surface area contributed by atoms with Crippen molar-refractivity contribution in [2.24, 2.45) is 11.7 Å². The van der Waals surface area contributed by atoms with Crippen LogP contribution in [-0.4, -0.2) is 40.8 Å². The molecule has 116 valence electrons. The first-order valence-electron chi connectivity index (χ1n) is 7.25. The van der Waals surface area contributed by atoms with Crippen LogP contribution in [0.3, 0.4) is 0 Å². The highest BCUT2D eigenvalue weighted by Gasteiger charge is 2.25. The van der Waals surface area contributed by atoms with Gasteiger partial charge in [0.1, 0.15) is 10.7 Å². The monoisotopic (exact) mass is 310 g/mol. The van der Waals surface area contributed by atoms with Crippen molar-refractivity contribution in [3.05, 3.63) is 16.1 Å². The van der Waals surface area contributed by atoms with Crippen molar-refractivity contribution in [3.8, 4) is 0 Å². The Kier molecular flexibility index (Phi) is 5.30. The van der Waals surface area contributed by atoms with Crippen LogP contribution in [0.25, 0.3) is 0 Å². The van der Waals surface area contributed by atoms with Gasteiger partial charge >= 0.3 is 0 Å². The number of aromatic nitrogens is 1. The Balaban J connectivity index is 1.83. The van der Waals surface area contributed by atoms with Gasteiger partial charge in [0.2, 0.25) is 5.91 Å². The van der Waals surface area contributed by atoms with E-state index in [0.717, 1.165) is 17.8 Å². The lowest BCUT2D eigenvalue weighted by molar-refractivity contribution is -0.135. The van der Waals surface area contributed by atoms with Crippen LogP contribution in [0.15, 0.2) is 5.38 Å². The topological polar surface area (TPSA) is 88.3 Å². The molecule has 0 unspecified atom stereocenters. The molecule has 3 N–H and O–H groups in total. The van der Waals surface area contributed by atoms with E-state index in [1.54, 1.807) is 5.38 Å². The highest BCUT2D eigenvalue weighted by atomic mass is 32.1. The number of nitrogens with zero attached hydrogens (tertiary/aromatic N) is 2. The van der Waals surface area contributed by atoms with Crippen molar-refractivity contribution in [3.63, 3.8) is 0 Å². The molecule has 0 spiro atoms. The molecule has 6 nitrogen and oxygen atoms in total. The van der Waals surface area contributed by atoms with Crippen molar-refractivity contribution < 1.29 is 9.59 Å². The number of hydrogen-bond acceptors (Lipinski definition) is 5. The van der Waals surface area contributed by atoms with E-state index in [-0.39, 0.29) is 23.8 Å². The molecular weight excluding hydrogens is 288 g/mol. The lowest BCUT2D eigenvalue weighted by atomic mass is 10.0. The van der Waals surface area contributed by atoms with E-state index < -0.39 is 0 Å². The van der Waals surface area contributed by atoms with Gasteiger partial charge in [-0.25, -0.2) is 4.98 Å². The molecule has 0 bridgehead atoms. The Morgan fingerprint density at radius 2 is 2.14 bits per heavy atom. The third-order valence-corrected chi connectivity index (χ3v) is 4.47. The summed E-state index contributed by atoms with van der Waals surface area (Å²) in [7, 11) is 0. The number of hydrogen-bond donors (Lipinski definition) is 2. The SMILES string of the molecule is CC(C)C(=O)N1CCC(NC(=O)c2csc(CN)n2)CC1. The maximum Gasteiger partial charge on any atom is 0.270 e. The number of thiazole rings is 1. The first kappa shape index (κ1) is 15.9. The van der Waals surface area contributed by atoms with Crippen LogP contribution in [0.2, 0.25) is 0 Å². The summed E-state index contributed by atoms with van der Waals surface area (Å²) in [6.45, 7) is 5.58. The van der Waals surface area contributed by atoms with Gasteiger partial charge in [0.25, 0.3) is 5.91 Å². The van der Waals surface area contributed by atoms with E-state index in [0.29, 0.717) is 25.3 Å². The second-order valence-corrected chi connectivity index (χ2v) is 6.50. The molecule has 7 heteroatoms. The number of carbonyl (C=O) groups excluding carboxylic acids is 2. The zero-order valence-electron chi connectivity index (χ0n) is 12.5. The standard InChI is InChI=1S/C14H22N4O2S/c1-9(2)14(20)18-5-3-10(4-6-18)16-13(19)11-8-21-12(7-15)17-11/h8-10H,3-7,15H2,1-2H3,(H,16,19). The van der Waals surface area contributed by atoms with Gasteiger partial charge in [-0.2, -0.15) is 0 Å². The van der Waals surface area contributed by atoms with Crippen LogP contribution in [0.1, 0.15) is 42.2 Å². The largest absolute Gasteiger partial charge is 0.348 e. The summed E-state index contributed by atoms with van der Waals surface area (Å²) in [4.78, 5) is 30.0. The van der Waals surface area contributed by atoms with Gasteiger partial charge in [-0.05, 0) is 12.8 Å². The summed E-state index contributed by atoms with van der Waals surface area (Å²) in [5.41, 5.74) is 5.93. The number of rotatable bonds is 4. The van der Waals surface area contributed by atoms with Gasteiger partial charge in [0.15, 0.2) is 0 Å². The number of nitrogens with one attached hydrogen (secondary N) is 1. The fourth-order valence-corrected chi connectivity index (χ4v) is 3.03. The number of piperidine rings is 1. The Hall–Kier alpha value is -1.47. The van der Waals surface area contributed by atoms with E-state index in [1.807, 2.05) is 18.7 Å². The third kappa shape index (κ3) is 4.01. The molecule has 0 atom stereocenters. The summed E-state index contributed by atoms with van der Waals surface area (Å²) in [5, 5.41) is 5.48. The Labute approximate surface area is 128 Å². The zero-order valence-corrected chi connectivity index (χ0v) is 13.3. The van der Waals surface area contributed by atoms with Gasteiger partial charge in [0.05, 0.1) is 0 Å². The molecule has 2 amide bonds. The quantitative estimate of drug-likeness (QED) is 0.867. The molecule has 0 aromatic carbocycles. The minimum absolute atomic E-state index is 0.0285. The van der Waals surface area contributed by atoms with Crippen LogP contribution in [0, 0.1) is 5.92 Å². The lowest BCUT2D eigenvalue weighted by Gasteiger charge is -2.33. The lowest BCUT2D eigenvalue weighted by Crippen LogP contribution is -2.47. The number of nitrogens with two attached hydrogens (primary N) is 1. The normalized spacial score (nSPS) is 16.3. The summed E-state index contributed by atoms with van der Waals surface area (Å²) >= 11 is 1.40. The molecule has 0 radical (unpaired) electrons. The first-order chi connectivity index (χ1) is 10.0. The van der Waals surface area contributed by atoms with Crippen molar-refractivity contribution >= 4 is 23.2 Å². The second kappa shape index (κ2) is 7.00. The molecule has 21 heavy (non-hydrogen) atoms. The van der Waals surface area contributed by atoms with Gasteiger partial charge in [-0.15, -0.1) is 11.3 Å². The molecule has 1 aromatic rings. The summed E-state index contributed by atoms with van der Waals surface area (Å²) in [5.74, 6) is 0.0623. The highest BCUT2D eigenvalue weighted by molar-refractivity contribution is 7.09. The van der Waals surface area contributed by atoms with Gasteiger partial charge in [0, 0.05) is 37.0 Å². The predicted molar refractivity (Wildman–Crippen MR) is 81.9 cm³/mol. The minimum Gasteiger partial charge on any atom is -0.348 e. The van der Waals surface area contributed by atoms with Crippen LogP contribution in [0.5, 0.6) is 0 Å². The van der Waals surface area contributed by atoms with Crippen molar-refractivity contribution in [1.29, 1.82) is 0 Å². The molecule has 1 saturated heterocycles. The highest BCUT2D eigenvalue weighted by Crippen LogP contribution is 2.15. The summed E-state index contributed by atoms with van der Waals surface area (Å²) in [6.07, 6.45) is 1.58. The van der Waals surface area contributed by atoms with Gasteiger partial charge in [-0.1, -0.05) is 13.8 Å². The van der Waals surface area contributed by atoms with Gasteiger partial charge < -0.3 is 16.0 Å². The van der Waals surface area contributed by atoms with E-state index in [9.17, 15) is 9.59 Å². The molecule has 2 heterocycles. The minimum atomic E-state index is -0.153. The van der Waals surface area contributed by atoms with Crippen LogP contribution < -0.4 is 11.1 Å². The Bertz CT molecular complexity index is 507. The number of carbonyl (C=O) groups is 2. The Morgan fingerprint density at radius 3 is 2.67 bits per heavy atom. The maximum atomic E-state index is 12.1. The first-order valence-corrected chi connectivity index (χ1v) is 8.13. The molecule has 1 aliphatic rings. The predicted octanol–water partition coefficient (Wildman–Crippen LogP) is 0.979. The molecule has 1 fully saturated rings. The third-order valence-electron chi connectivity index (χ3n) is 3.59. The fourth-order valence-electron chi connectivity index (χ4n) is 2.38. The van der Waals surface area contributed by atoms with E-state index in [2.05, 4.69) is 10.3 Å². The average molecular weight is 310 g/mol. The van der Waals surface area contributed by atoms with Crippen molar-refractivity contribution in [2.75, 3.05) is 13.1 Å². The van der Waals surface area contributed by atoms with Crippen LogP contribution in [-0.2, 0) is 11.3 Å². The molecular formula is C14H22N4O2S. The van der Waals surface area contributed by atoms with E-state index >= 15 is 0 Å². The number of likely N-dealkylation sites (tertiary alicyclic amines) is 1. The average Bonchev–Trinajstić information content (AvgIpc) is 2.96. The maximum absolute atomic E-state index is 12.1. The second-order valence-electron chi connectivity index (χ2n) is 5.56. The molecule has 2 rings (SSSR count). The smallest absolute Gasteiger partial charge is 0.270 e. The molecule has 1 aliphatic heterocycles. The number of amides is 2. The van der Waals surface area contributed by atoms with Gasteiger partial charge in [-0.3, -0.25) is 9.59 Å². The van der Waals surface area contributed by atoms with Crippen molar-refractivity contribution in [1.82, 2.24) is 15.2 Å². The molecule has 1 aromatic heterocycles. The Morgan fingerprint density at radius 1 is 1.48 bits per heavy atom. The van der Waals surface area contributed by atoms with Crippen LogP contribution >= 0.6 is 11.3 Å². The van der Waals surface area contributed by atoms with Crippen molar-refractivity contribution in [2.45, 2.75) is 39.3 Å². The molecule has 0 aliphatic carbocycles. The van der Waals surface area contributed by atoms with E-state index in [4.69, 9.17) is 5.73 Å². The summed E-state index contributed by atoms with van der Waals surface area (Å²) in [6, 6.07) is 0.108. The zero-order chi connectivity index (χ0) is 15.4. The fraction of sp³-hybridized carbons (Fsp3) is 0.643. The van der Waals surface area contributed by atoms with Crippen LogP contribution in [0.4, 0.5) is 0 Å². The summed E-state index contributed by atoms with van der Waals surface area (Å²) < 4.78 is 0.